The highest BCUT2D eigenvalue weighted by Crippen LogP contribution is 2.33. The largest absolute Gasteiger partial charge is 0.496 e. The van der Waals surface area contributed by atoms with Crippen LogP contribution in [0.4, 0.5) is 27.6 Å². The third-order valence-corrected chi connectivity index (χ3v) is 5.04. The maximum atomic E-state index is 14.5. The molecule has 1 aliphatic rings. The van der Waals surface area contributed by atoms with E-state index in [1.165, 1.54) is 30.3 Å². The van der Waals surface area contributed by atoms with E-state index in [2.05, 4.69) is 5.10 Å². The van der Waals surface area contributed by atoms with E-state index in [9.17, 15) is 22.0 Å². The van der Waals surface area contributed by atoms with Crippen LogP contribution in [0.3, 0.4) is 0 Å². The number of hydrogen-bond acceptors (Lipinski definition) is 3. The van der Waals surface area contributed by atoms with Crippen molar-refractivity contribution < 1.29 is 26.7 Å². The Morgan fingerprint density at radius 3 is 2.48 bits per heavy atom. The lowest BCUT2D eigenvalue weighted by Crippen LogP contribution is -2.26. The van der Waals surface area contributed by atoms with E-state index in [1.54, 1.807) is 12.1 Å². The quantitative estimate of drug-likeness (QED) is 0.476. The molecule has 0 atom stereocenters. The molecule has 0 aromatic heterocycles. The molecule has 0 aliphatic carbocycles. The van der Waals surface area contributed by atoms with Gasteiger partial charge in [-0.05, 0) is 42.0 Å². The predicted molar refractivity (Wildman–Crippen MR) is 107 cm³/mol. The fourth-order valence-corrected chi connectivity index (χ4v) is 3.52. The fourth-order valence-electron chi connectivity index (χ4n) is 3.52. The summed E-state index contributed by atoms with van der Waals surface area (Å²) in [6, 6.07) is 13.8. The molecule has 0 radical (unpaired) electrons. The second kappa shape index (κ2) is 8.02. The number of hydrazone groups is 1. The summed E-state index contributed by atoms with van der Waals surface area (Å²) in [7, 11) is 1.46. The van der Waals surface area contributed by atoms with Crippen molar-refractivity contribution in [2.75, 3.05) is 12.1 Å². The minimum atomic E-state index is -4.63. The van der Waals surface area contributed by atoms with Gasteiger partial charge in [0.25, 0.3) is 0 Å². The zero-order chi connectivity index (χ0) is 22.2. The van der Waals surface area contributed by atoms with Crippen LogP contribution >= 0.6 is 0 Å². The van der Waals surface area contributed by atoms with Crippen molar-refractivity contribution in [1.29, 1.82) is 0 Å². The molecule has 8 heteroatoms. The Kier molecular flexibility index (Phi) is 5.39. The number of hydrogen-bond donors (Lipinski definition) is 0. The summed E-state index contributed by atoms with van der Waals surface area (Å²) in [5.41, 5.74) is 1.52. The molecular formula is C23H17F5N2O. The number of ether oxygens (including phenoxy) is 1. The molecule has 0 saturated heterocycles. The van der Waals surface area contributed by atoms with Crippen molar-refractivity contribution in [2.24, 2.45) is 5.10 Å². The molecule has 4 rings (SSSR count). The summed E-state index contributed by atoms with van der Waals surface area (Å²) >= 11 is 0. The summed E-state index contributed by atoms with van der Waals surface area (Å²) in [4.78, 5) is 0. The van der Waals surface area contributed by atoms with E-state index >= 15 is 0 Å². The molecule has 1 heterocycles. The first-order valence-electron chi connectivity index (χ1n) is 9.38. The van der Waals surface area contributed by atoms with Gasteiger partial charge in [0.2, 0.25) is 0 Å². The van der Waals surface area contributed by atoms with Crippen LogP contribution in [-0.2, 0) is 19.1 Å². The third-order valence-electron chi connectivity index (χ3n) is 5.04. The first-order valence-corrected chi connectivity index (χ1v) is 9.38. The Balaban J connectivity index is 1.75. The van der Waals surface area contributed by atoms with E-state index in [0.717, 1.165) is 17.7 Å². The van der Waals surface area contributed by atoms with Gasteiger partial charge in [0, 0.05) is 17.5 Å². The number of halogens is 5. The van der Waals surface area contributed by atoms with E-state index in [1.807, 2.05) is 12.1 Å². The van der Waals surface area contributed by atoms with Crippen LogP contribution in [0.5, 0.6) is 5.75 Å². The zero-order valence-corrected chi connectivity index (χ0v) is 16.4. The van der Waals surface area contributed by atoms with E-state index < -0.39 is 23.4 Å². The zero-order valence-electron chi connectivity index (χ0n) is 16.4. The van der Waals surface area contributed by atoms with E-state index in [0.29, 0.717) is 35.2 Å². The molecule has 3 aromatic rings. The topological polar surface area (TPSA) is 24.8 Å². The molecule has 0 amide bonds. The molecule has 0 fully saturated rings. The maximum Gasteiger partial charge on any atom is 0.416 e. The summed E-state index contributed by atoms with van der Waals surface area (Å²) in [5, 5.41) is 6.07. The highest BCUT2D eigenvalue weighted by atomic mass is 19.4. The Hall–Kier alpha value is -3.42. The van der Waals surface area contributed by atoms with Gasteiger partial charge in [-0.1, -0.05) is 24.3 Å². The van der Waals surface area contributed by atoms with Gasteiger partial charge in [0.15, 0.2) is 0 Å². The molecule has 160 valence electrons. The Morgan fingerprint density at radius 1 is 1.00 bits per heavy atom. The molecule has 0 saturated carbocycles. The van der Waals surface area contributed by atoms with Crippen molar-refractivity contribution in [1.82, 2.24) is 0 Å². The molecule has 0 spiro atoms. The lowest BCUT2D eigenvalue weighted by atomic mass is 9.98. The molecule has 0 N–H and O–H groups in total. The average Bonchev–Trinajstić information content (AvgIpc) is 2.74. The number of para-hydroxylation sites is 1. The normalized spacial score (nSPS) is 13.6. The van der Waals surface area contributed by atoms with Crippen molar-refractivity contribution in [2.45, 2.75) is 19.1 Å². The molecule has 31 heavy (non-hydrogen) atoms. The molecular weight excluding hydrogens is 415 g/mol. The Morgan fingerprint density at radius 2 is 1.77 bits per heavy atom. The van der Waals surface area contributed by atoms with E-state index in [4.69, 9.17) is 4.74 Å². The fraction of sp³-hybridized carbons (Fsp3) is 0.174. The van der Waals surface area contributed by atoms with Gasteiger partial charge in [0.1, 0.15) is 17.4 Å². The molecule has 3 nitrogen and oxygen atoms in total. The number of fused-ring (bicyclic) bond motifs is 1. The number of rotatable bonds is 4. The summed E-state index contributed by atoms with van der Waals surface area (Å²) < 4.78 is 72.3. The summed E-state index contributed by atoms with van der Waals surface area (Å²) in [6.45, 7) is -0.0951. The number of alkyl halides is 3. The minimum absolute atomic E-state index is 0.0546. The SMILES string of the molecule is COc1ccc(F)cc1C1=NN(Cc2ccc(C(F)(F)F)cc2F)c2ccccc2C1. The smallest absolute Gasteiger partial charge is 0.416 e. The van der Waals surface area contributed by atoms with Crippen LogP contribution in [-0.4, -0.2) is 12.8 Å². The van der Waals surface area contributed by atoms with E-state index in [-0.39, 0.29) is 12.1 Å². The number of benzene rings is 3. The molecule has 1 aliphatic heterocycles. The van der Waals surface area contributed by atoms with Gasteiger partial charge in [-0.2, -0.15) is 18.3 Å². The standard InChI is InChI=1S/C23H17F5N2O/c1-31-22-9-8-17(24)12-18(22)20-10-14-4-2-3-5-21(14)30(29-20)13-15-6-7-16(11-19(15)25)23(26,27)28/h2-9,11-12H,10,13H2,1H3. The van der Waals surface area contributed by atoms with Crippen molar-refractivity contribution in [3.8, 4) is 5.75 Å². The monoisotopic (exact) mass is 432 g/mol. The number of nitrogens with zero attached hydrogens (tertiary/aromatic N) is 2. The summed E-state index contributed by atoms with van der Waals surface area (Å²) in [6.07, 6.45) is -4.24. The van der Waals surface area contributed by atoms with Crippen LogP contribution in [0.2, 0.25) is 0 Å². The molecule has 0 bridgehead atoms. The van der Waals surface area contributed by atoms with Crippen molar-refractivity contribution >= 4 is 11.4 Å². The highest BCUT2D eigenvalue weighted by Gasteiger charge is 2.31. The van der Waals surface area contributed by atoms with Crippen molar-refractivity contribution in [3.63, 3.8) is 0 Å². The third kappa shape index (κ3) is 4.23. The van der Waals surface area contributed by atoms with Crippen LogP contribution < -0.4 is 9.75 Å². The Bertz CT molecular complexity index is 1160. The lowest BCUT2D eigenvalue weighted by Gasteiger charge is -2.29. The summed E-state index contributed by atoms with van der Waals surface area (Å²) in [5.74, 6) is -1.00. The first-order chi connectivity index (χ1) is 14.8. The van der Waals surface area contributed by atoms with Crippen LogP contribution in [0.25, 0.3) is 0 Å². The van der Waals surface area contributed by atoms with Gasteiger partial charge < -0.3 is 4.74 Å². The Labute approximate surface area is 175 Å². The highest BCUT2D eigenvalue weighted by molar-refractivity contribution is 6.06. The minimum Gasteiger partial charge on any atom is -0.496 e. The number of anilines is 1. The van der Waals surface area contributed by atoms with Gasteiger partial charge >= 0.3 is 6.18 Å². The lowest BCUT2D eigenvalue weighted by molar-refractivity contribution is -0.137. The molecule has 0 unspecified atom stereocenters. The predicted octanol–water partition coefficient (Wildman–Crippen LogP) is 5.96. The second-order valence-corrected chi connectivity index (χ2v) is 7.06. The van der Waals surface area contributed by atoms with Gasteiger partial charge in [-0.25, -0.2) is 8.78 Å². The van der Waals surface area contributed by atoms with Crippen LogP contribution in [0, 0.1) is 11.6 Å². The maximum absolute atomic E-state index is 14.5. The van der Waals surface area contributed by atoms with Crippen molar-refractivity contribution in [3.05, 3.63) is 94.6 Å². The van der Waals surface area contributed by atoms with Gasteiger partial charge in [-0.15, -0.1) is 0 Å². The van der Waals surface area contributed by atoms with Gasteiger partial charge in [0.05, 0.1) is 30.6 Å². The molecule has 3 aromatic carbocycles. The van der Waals surface area contributed by atoms with Crippen LogP contribution in [0.15, 0.2) is 65.8 Å². The number of methoxy groups -OCH3 is 1. The first kappa shape index (κ1) is 20.8. The van der Waals surface area contributed by atoms with Gasteiger partial charge in [-0.3, -0.25) is 5.01 Å². The second-order valence-electron chi connectivity index (χ2n) is 7.06. The average molecular weight is 432 g/mol. The van der Waals surface area contributed by atoms with Crippen LogP contribution in [0.1, 0.15) is 22.3 Å².